The number of nitriles is 1. The number of hydrogen-bond acceptors (Lipinski definition) is 5. The molecule has 0 aliphatic rings. The molecule has 1 amide bonds. The fraction of sp³-hybridized carbons (Fsp3) is 0.211. The lowest BCUT2D eigenvalue weighted by Gasteiger charge is -2.07. The summed E-state index contributed by atoms with van der Waals surface area (Å²) in [7, 11) is 0. The second kappa shape index (κ2) is 9.50. The largest absolute Gasteiger partial charge is 0.456 e. The molecule has 0 unspecified atom stereocenters. The maximum absolute atomic E-state index is 11.8. The maximum atomic E-state index is 11.8. The van der Waals surface area contributed by atoms with Gasteiger partial charge in [0.25, 0.3) is 5.91 Å². The molecule has 1 N–H and O–H groups in total. The molecule has 25 heavy (non-hydrogen) atoms. The predicted octanol–water partition coefficient (Wildman–Crippen LogP) is 3.53. The molecule has 0 heterocycles. The Bertz CT molecular complexity index is 782. The zero-order valence-corrected chi connectivity index (χ0v) is 14.6. The highest BCUT2D eigenvalue weighted by Crippen LogP contribution is 2.19. The van der Waals surface area contributed by atoms with Crippen LogP contribution < -0.4 is 5.32 Å². The summed E-state index contributed by atoms with van der Waals surface area (Å²) in [6.45, 7) is 1.68. The molecule has 2 aromatic carbocycles. The van der Waals surface area contributed by atoms with Gasteiger partial charge in [0.1, 0.15) is 0 Å². The van der Waals surface area contributed by atoms with Gasteiger partial charge in [-0.2, -0.15) is 5.26 Å². The summed E-state index contributed by atoms with van der Waals surface area (Å²) >= 11 is 1.57. The summed E-state index contributed by atoms with van der Waals surface area (Å²) in [6, 6.07) is 16.6. The van der Waals surface area contributed by atoms with E-state index < -0.39 is 11.9 Å². The molecule has 2 aromatic rings. The van der Waals surface area contributed by atoms with Gasteiger partial charge in [0, 0.05) is 16.3 Å². The van der Waals surface area contributed by atoms with Crippen molar-refractivity contribution in [2.75, 3.05) is 17.7 Å². The third kappa shape index (κ3) is 6.69. The molecule has 0 aliphatic carbocycles. The summed E-state index contributed by atoms with van der Waals surface area (Å²) in [4.78, 5) is 24.5. The Morgan fingerprint density at radius 2 is 1.96 bits per heavy atom. The van der Waals surface area contributed by atoms with Gasteiger partial charge in [-0.05, 0) is 37.3 Å². The van der Waals surface area contributed by atoms with Gasteiger partial charge in [-0.1, -0.05) is 23.8 Å². The van der Waals surface area contributed by atoms with Gasteiger partial charge in [-0.3, -0.25) is 9.59 Å². The highest BCUT2D eigenvalue weighted by molar-refractivity contribution is 7.99. The average molecular weight is 354 g/mol. The monoisotopic (exact) mass is 354 g/mol. The molecule has 128 valence electrons. The van der Waals surface area contributed by atoms with Crippen molar-refractivity contribution in [1.82, 2.24) is 0 Å². The number of benzene rings is 2. The minimum absolute atomic E-state index is 0.232. The summed E-state index contributed by atoms with van der Waals surface area (Å²) < 4.78 is 4.96. The number of carbonyl (C=O) groups excluding carboxylic acids is 2. The number of nitrogens with one attached hydrogen (secondary N) is 1. The van der Waals surface area contributed by atoms with Crippen LogP contribution in [-0.2, 0) is 14.3 Å². The Morgan fingerprint density at radius 3 is 2.68 bits per heavy atom. The van der Waals surface area contributed by atoms with Crippen LogP contribution in [0.3, 0.4) is 0 Å². The first-order chi connectivity index (χ1) is 12.1. The van der Waals surface area contributed by atoms with Crippen LogP contribution in [0.5, 0.6) is 0 Å². The average Bonchev–Trinajstić information content (AvgIpc) is 2.62. The van der Waals surface area contributed by atoms with Gasteiger partial charge in [-0.25, -0.2) is 0 Å². The first-order valence-corrected chi connectivity index (χ1v) is 8.70. The van der Waals surface area contributed by atoms with Crippen molar-refractivity contribution in [3.8, 4) is 6.07 Å². The highest BCUT2D eigenvalue weighted by Gasteiger charge is 2.08. The number of rotatable bonds is 7. The number of anilines is 1. The van der Waals surface area contributed by atoms with Crippen molar-refractivity contribution in [3.63, 3.8) is 0 Å². The van der Waals surface area contributed by atoms with Crippen LogP contribution in [-0.4, -0.2) is 24.2 Å². The van der Waals surface area contributed by atoms with Crippen molar-refractivity contribution in [2.24, 2.45) is 0 Å². The zero-order chi connectivity index (χ0) is 18.1. The molecule has 0 radical (unpaired) electrons. The summed E-state index contributed by atoms with van der Waals surface area (Å²) in [6.07, 6.45) is 0.232. The summed E-state index contributed by atoms with van der Waals surface area (Å²) in [5.41, 5.74) is 2.13. The van der Waals surface area contributed by atoms with Crippen LogP contribution >= 0.6 is 11.8 Å². The van der Waals surface area contributed by atoms with Crippen molar-refractivity contribution < 1.29 is 14.3 Å². The topological polar surface area (TPSA) is 79.2 Å². The second-order valence-electron chi connectivity index (χ2n) is 5.31. The van der Waals surface area contributed by atoms with E-state index in [2.05, 4.69) is 5.32 Å². The van der Waals surface area contributed by atoms with E-state index in [0.717, 1.165) is 4.90 Å². The molecule has 5 nitrogen and oxygen atoms in total. The van der Waals surface area contributed by atoms with Crippen molar-refractivity contribution >= 4 is 29.3 Å². The SMILES string of the molecule is Cc1ccc(SCCC(=O)OCC(=O)Nc2cccc(C#N)c2)cc1. The number of nitrogens with zero attached hydrogens (tertiary/aromatic N) is 1. The van der Waals surface area contributed by atoms with Gasteiger partial charge in [0.15, 0.2) is 6.61 Å². The van der Waals surface area contributed by atoms with Crippen molar-refractivity contribution in [3.05, 3.63) is 59.7 Å². The van der Waals surface area contributed by atoms with Crippen molar-refractivity contribution in [2.45, 2.75) is 18.2 Å². The molecule has 0 aliphatic heterocycles. The van der Waals surface area contributed by atoms with E-state index in [1.165, 1.54) is 5.56 Å². The fourth-order valence-corrected chi connectivity index (χ4v) is 2.80. The Morgan fingerprint density at radius 1 is 1.20 bits per heavy atom. The summed E-state index contributed by atoms with van der Waals surface area (Å²) in [5, 5.41) is 11.4. The van der Waals surface area contributed by atoms with E-state index in [0.29, 0.717) is 17.0 Å². The minimum atomic E-state index is -0.436. The number of aryl methyl sites for hydroxylation is 1. The van der Waals surface area contributed by atoms with Crippen LogP contribution in [0.4, 0.5) is 5.69 Å². The third-order valence-corrected chi connectivity index (χ3v) is 4.25. The fourth-order valence-electron chi connectivity index (χ4n) is 1.97. The van der Waals surface area contributed by atoms with E-state index in [1.807, 2.05) is 37.3 Å². The molecule has 0 aromatic heterocycles. The molecule has 0 saturated carbocycles. The normalized spacial score (nSPS) is 9.92. The molecular formula is C19H18N2O3S. The van der Waals surface area contributed by atoms with Gasteiger partial charge in [-0.15, -0.1) is 11.8 Å². The van der Waals surface area contributed by atoms with E-state index in [1.54, 1.807) is 36.0 Å². The van der Waals surface area contributed by atoms with Crippen LogP contribution in [0.2, 0.25) is 0 Å². The van der Waals surface area contributed by atoms with Crippen LogP contribution in [0.25, 0.3) is 0 Å². The molecule has 2 rings (SSSR count). The second-order valence-corrected chi connectivity index (χ2v) is 6.48. The molecule has 0 bridgehead atoms. The number of hydrogen-bond donors (Lipinski definition) is 1. The lowest BCUT2D eigenvalue weighted by Crippen LogP contribution is -2.21. The highest BCUT2D eigenvalue weighted by atomic mass is 32.2. The number of carbonyl (C=O) groups is 2. The quantitative estimate of drug-likeness (QED) is 0.608. The lowest BCUT2D eigenvalue weighted by molar-refractivity contribution is -0.146. The van der Waals surface area contributed by atoms with Crippen molar-refractivity contribution in [1.29, 1.82) is 5.26 Å². The van der Waals surface area contributed by atoms with Crippen LogP contribution in [0, 0.1) is 18.3 Å². The number of thioether (sulfide) groups is 1. The van der Waals surface area contributed by atoms with Gasteiger partial charge in [0.2, 0.25) is 0 Å². The van der Waals surface area contributed by atoms with E-state index in [9.17, 15) is 9.59 Å². The van der Waals surface area contributed by atoms with E-state index >= 15 is 0 Å². The zero-order valence-electron chi connectivity index (χ0n) is 13.8. The standard InChI is InChI=1S/C19H18N2O3S/c1-14-5-7-17(8-6-14)25-10-9-19(23)24-13-18(22)21-16-4-2-3-15(11-16)12-20/h2-8,11H,9-10,13H2,1H3,(H,21,22). The van der Waals surface area contributed by atoms with Crippen LogP contribution in [0.1, 0.15) is 17.5 Å². The van der Waals surface area contributed by atoms with Gasteiger partial charge >= 0.3 is 5.97 Å². The number of esters is 1. The molecule has 6 heteroatoms. The predicted molar refractivity (Wildman–Crippen MR) is 97.3 cm³/mol. The first kappa shape index (κ1) is 18.6. The number of ether oxygens (including phenoxy) is 1. The lowest BCUT2D eigenvalue weighted by atomic mass is 10.2. The van der Waals surface area contributed by atoms with E-state index in [4.69, 9.17) is 10.00 Å². The Hall–Kier alpha value is -2.78. The molecule has 0 saturated heterocycles. The molecule has 0 spiro atoms. The van der Waals surface area contributed by atoms with Crippen LogP contribution in [0.15, 0.2) is 53.4 Å². The van der Waals surface area contributed by atoms with Gasteiger partial charge in [0.05, 0.1) is 18.1 Å². The molecule has 0 fully saturated rings. The Labute approximate surface area is 151 Å². The summed E-state index contributed by atoms with van der Waals surface area (Å²) in [5.74, 6) is -0.261. The first-order valence-electron chi connectivity index (χ1n) is 7.72. The Balaban J connectivity index is 1.67. The van der Waals surface area contributed by atoms with E-state index in [-0.39, 0.29) is 13.0 Å². The number of amides is 1. The molecule has 0 atom stereocenters. The third-order valence-electron chi connectivity index (χ3n) is 3.24. The molecular weight excluding hydrogens is 336 g/mol. The maximum Gasteiger partial charge on any atom is 0.307 e. The van der Waals surface area contributed by atoms with Gasteiger partial charge < -0.3 is 10.1 Å². The Kier molecular flexibility index (Phi) is 7.05. The minimum Gasteiger partial charge on any atom is -0.456 e. The smallest absolute Gasteiger partial charge is 0.307 e.